The van der Waals surface area contributed by atoms with Crippen LogP contribution in [0.2, 0.25) is 0 Å². The number of hydrogen-bond acceptors (Lipinski definition) is 4. The van der Waals surface area contributed by atoms with E-state index < -0.39 is 0 Å². The van der Waals surface area contributed by atoms with Crippen LogP contribution in [-0.2, 0) is 6.42 Å². The zero-order chi connectivity index (χ0) is 14.6. The van der Waals surface area contributed by atoms with Crippen molar-refractivity contribution in [2.75, 3.05) is 11.4 Å². The van der Waals surface area contributed by atoms with Crippen molar-refractivity contribution in [3.8, 4) is 0 Å². The second-order valence-electron chi connectivity index (χ2n) is 7.96. The van der Waals surface area contributed by atoms with Gasteiger partial charge in [0.2, 0.25) is 0 Å². The molecule has 0 aromatic carbocycles. The van der Waals surface area contributed by atoms with Gasteiger partial charge in [-0.3, -0.25) is 0 Å². The number of aliphatic hydroxyl groups is 1. The zero-order valence-electron chi connectivity index (χ0n) is 13.1. The smallest absolute Gasteiger partial charge is 0.186 e. The molecule has 0 spiro atoms. The fourth-order valence-electron chi connectivity index (χ4n) is 4.65. The first-order valence-corrected chi connectivity index (χ1v) is 9.29. The molecule has 4 heteroatoms. The van der Waals surface area contributed by atoms with Crippen molar-refractivity contribution < 1.29 is 5.11 Å². The Morgan fingerprint density at radius 1 is 1.24 bits per heavy atom. The topological polar surface area (TPSA) is 36.4 Å². The quantitative estimate of drug-likeness (QED) is 0.854. The van der Waals surface area contributed by atoms with E-state index in [4.69, 9.17) is 4.98 Å². The molecule has 3 unspecified atom stereocenters. The van der Waals surface area contributed by atoms with E-state index in [2.05, 4.69) is 18.7 Å². The Labute approximate surface area is 131 Å². The average molecular weight is 306 g/mol. The summed E-state index contributed by atoms with van der Waals surface area (Å²) in [6.45, 7) is 5.65. The molecule has 2 aliphatic carbocycles. The van der Waals surface area contributed by atoms with Crippen LogP contribution < -0.4 is 4.90 Å². The lowest BCUT2D eigenvalue weighted by molar-refractivity contribution is 0.102. The molecule has 4 rings (SSSR count). The molecule has 0 amide bonds. The van der Waals surface area contributed by atoms with Crippen molar-refractivity contribution in [1.82, 2.24) is 4.98 Å². The number of rotatable bonds is 1. The monoisotopic (exact) mass is 306 g/mol. The van der Waals surface area contributed by atoms with Crippen molar-refractivity contribution in [3.63, 3.8) is 0 Å². The van der Waals surface area contributed by atoms with Crippen molar-refractivity contribution in [2.24, 2.45) is 11.3 Å². The van der Waals surface area contributed by atoms with Crippen LogP contribution in [0.25, 0.3) is 0 Å². The van der Waals surface area contributed by atoms with Crippen molar-refractivity contribution in [2.45, 2.75) is 70.9 Å². The molecule has 0 bridgehead atoms. The van der Waals surface area contributed by atoms with Crippen molar-refractivity contribution in [1.29, 1.82) is 0 Å². The van der Waals surface area contributed by atoms with E-state index in [0.29, 0.717) is 0 Å². The largest absolute Gasteiger partial charge is 0.387 e. The van der Waals surface area contributed by atoms with Crippen LogP contribution in [0.3, 0.4) is 0 Å². The van der Waals surface area contributed by atoms with Gasteiger partial charge >= 0.3 is 0 Å². The van der Waals surface area contributed by atoms with Gasteiger partial charge in [0.1, 0.15) is 0 Å². The summed E-state index contributed by atoms with van der Waals surface area (Å²) >= 11 is 1.76. The van der Waals surface area contributed by atoms with Gasteiger partial charge < -0.3 is 10.0 Å². The molecule has 21 heavy (non-hydrogen) atoms. The summed E-state index contributed by atoms with van der Waals surface area (Å²) < 4.78 is 0. The number of aromatic nitrogens is 1. The highest BCUT2D eigenvalue weighted by atomic mass is 32.1. The second-order valence-corrected chi connectivity index (χ2v) is 8.97. The fourth-order valence-corrected chi connectivity index (χ4v) is 5.80. The Kier molecular flexibility index (Phi) is 3.30. The Morgan fingerprint density at radius 2 is 2.05 bits per heavy atom. The fraction of sp³-hybridized carbons (Fsp3) is 0.824. The van der Waals surface area contributed by atoms with Gasteiger partial charge in [0, 0.05) is 12.6 Å². The number of fused-ring (bicyclic) bond motifs is 2. The highest BCUT2D eigenvalue weighted by molar-refractivity contribution is 7.15. The normalized spacial score (nSPS) is 34.6. The third-order valence-corrected chi connectivity index (χ3v) is 6.90. The molecule has 1 saturated carbocycles. The molecule has 1 aromatic rings. The van der Waals surface area contributed by atoms with E-state index in [1.807, 2.05) is 0 Å². The van der Waals surface area contributed by atoms with Gasteiger partial charge in [0.05, 0.1) is 16.7 Å². The molecular formula is C17H26N2OS. The van der Waals surface area contributed by atoms with Crippen LogP contribution in [-0.4, -0.2) is 22.7 Å². The maximum Gasteiger partial charge on any atom is 0.186 e. The van der Waals surface area contributed by atoms with Gasteiger partial charge in [-0.1, -0.05) is 38.0 Å². The summed E-state index contributed by atoms with van der Waals surface area (Å²) in [5.41, 5.74) is 1.34. The SMILES string of the molecule is CC1(C)Cc2nc(N3CCC4CCCCC43)sc2C(O)C1. The van der Waals surface area contributed by atoms with Gasteiger partial charge in [-0.15, -0.1) is 0 Å². The zero-order valence-corrected chi connectivity index (χ0v) is 14.0. The Balaban J connectivity index is 1.63. The first kappa shape index (κ1) is 14.0. The van der Waals surface area contributed by atoms with E-state index in [9.17, 15) is 5.11 Å². The van der Waals surface area contributed by atoms with Gasteiger partial charge in [-0.2, -0.15) is 0 Å². The standard InChI is InChI=1S/C17H26N2OS/c1-17(2)9-12-15(14(20)10-17)21-16(18-12)19-8-7-11-5-3-4-6-13(11)19/h11,13-14,20H,3-10H2,1-2H3. The summed E-state index contributed by atoms with van der Waals surface area (Å²) in [6, 6.07) is 0.719. The molecule has 116 valence electrons. The molecule has 3 aliphatic rings. The Morgan fingerprint density at radius 3 is 2.90 bits per heavy atom. The molecular weight excluding hydrogens is 280 g/mol. The van der Waals surface area contributed by atoms with Crippen molar-refractivity contribution >= 4 is 16.5 Å². The number of aliphatic hydroxyl groups excluding tert-OH is 1. The van der Waals surface area contributed by atoms with Crippen LogP contribution in [0.4, 0.5) is 5.13 Å². The summed E-state index contributed by atoms with van der Waals surface area (Å²) in [7, 11) is 0. The first-order chi connectivity index (χ1) is 10.0. The summed E-state index contributed by atoms with van der Waals surface area (Å²) in [4.78, 5) is 8.66. The van der Waals surface area contributed by atoms with Gasteiger partial charge in [0.25, 0.3) is 0 Å². The highest BCUT2D eigenvalue weighted by Crippen LogP contribution is 2.47. The Bertz CT molecular complexity index is 539. The van der Waals surface area contributed by atoms with E-state index in [1.54, 1.807) is 11.3 Å². The van der Waals surface area contributed by atoms with E-state index in [0.717, 1.165) is 35.4 Å². The molecule has 1 N–H and O–H groups in total. The molecule has 1 saturated heterocycles. The average Bonchev–Trinajstić information content (AvgIpc) is 3.00. The van der Waals surface area contributed by atoms with Crippen LogP contribution in [0, 0.1) is 11.3 Å². The minimum Gasteiger partial charge on any atom is -0.387 e. The number of thiazole rings is 1. The highest BCUT2D eigenvalue weighted by Gasteiger charge is 2.39. The third-order valence-electron chi connectivity index (χ3n) is 5.67. The van der Waals surface area contributed by atoms with Gasteiger partial charge in [-0.05, 0) is 43.4 Å². The number of anilines is 1. The number of nitrogens with zero attached hydrogens (tertiary/aromatic N) is 2. The van der Waals surface area contributed by atoms with Crippen LogP contribution >= 0.6 is 11.3 Å². The molecule has 2 fully saturated rings. The van der Waals surface area contributed by atoms with Crippen LogP contribution in [0.5, 0.6) is 0 Å². The Hall–Kier alpha value is -0.610. The maximum atomic E-state index is 10.4. The van der Waals surface area contributed by atoms with E-state index >= 15 is 0 Å². The summed E-state index contributed by atoms with van der Waals surface area (Å²) in [5.74, 6) is 0.890. The van der Waals surface area contributed by atoms with E-state index in [-0.39, 0.29) is 11.5 Å². The number of hydrogen-bond donors (Lipinski definition) is 1. The molecule has 1 aliphatic heterocycles. The summed E-state index contributed by atoms with van der Waals surface area (Å²) in [6.07, 6.45) is 8.44. The van der Waals surface area contributed by atoms with Gasteiger partial charge in [0.15, 0.2) is 5.13 Å². The molecule has 1 aromatic heterocycles. The van der Waals surface area contributed by atoms with Crippen LogP contribution in [0.15, 0.2) is 0 Å². The van der Waals surface area contributed by atoms with Crippen molar-refractivity contribution in [3.05, 3.63) is 10.6 Å². The molecule has 3 atom stereocenters. The van der Waals surface area contributed by atoms with Gasteiger partial charge in [-0.25, -0.2) is 4.98 Å². The maximum absolute atomic E-state index is 10.4. The minimum atomic E-state index is -0.306. The van der Waals surface area contributed by atoms with Crippen LogP contribution in [0.1, 0.15) is 69.0 Å². The van der Waals surface area contributed by atoms with E-state index in [1.165, 1.54) is 43.8 Å². The molecule has 0 radical (unpaired) electrons. The summed E-state index contributed by atoms with van der Waals surface area (Å²) in [5, 5.41) is 11.6. The lowest BCUT2D eigenvalue weighted by atomic mass is 9.77. The predicted molar refractivity (Wildman–Crippen MR) is 86.9 cm³/mol. The predicted octanol–water partition coefficient (Wildman–Crippen LogP) is 3.92. The third kappa shape index (κ3) is 2.40. The lowest BCUT2D eigenvalue weighted by Crippen LogP contribution is -2.34. The lowest BCUT2D eigenvalue weighted by Gasteiger charge is -2.31. The molecule has 3 nitrogen and oxygen atoms in total. The minimum absolute atomic E-state index is 0.177. The molecule has 2 heterocycles. The second kappa shape index (κ2) is 4.95. The first-order valence-electron chi connectivity index (χ1n) is 8.48.